The summed E-state index contributed by atoms with van der Waals surface area (Å²) in [5.41, 5.74) is 0.777. The first-order chi connectivity index (χ1) is 17.1. The number of amidine groups is 1. The van der Waals surface area contributed by atoms with E-state index in [1.807, 2.05) is 48.5 Å². The predicted molar refractivity (Wildman–Crippen MR) is 138 cm³/mol. The Bertz CT molecular complexity index is 1190. The second-order valence-electron chi connectivity index (χ2n) is 9.11. The van der Waals surface area contributed by atoms with E-state index in [1.54, 1.807) is 58.0 Å². The van der Waals surface area contributed by atoms with Crippen LogP contribution in [-0.4, -0.2) is 29.5 Å². The molecule has 1 atom stereocenters. The quantitative estimate of drug-likeness (QED) is 0.279. The molecule has 0 radical (unpaired) electrons. The van der Waals surface area contributed by atoms with Crippen LogP contribution in [0.15, 0.2) is 78.9 Å². The summed E-state index contributed by atoms with van der Waals surface area (Å²) in [6.07, 6.45) is -0.746. The number of amides is 2. The van der Waals surface area contributed by atoms with Gasteiger partial charge in [-0.2, -0.15) is 0 Å². The highest BCUT2D eigenvalue weighted by Gasteiger charge is 2.20. The van der Waals surface area contributed by atoms with Gasteiger partial charge in [0, 0.05) is 11.6 Å². The van der Waals surface area contributed by atoms with Crippen molar-refractivity contribution < 1.29 is 23.8 Å². The van der Waals surface area contributed by atoms with E-state index >= 15 is 0 Å². The summed E-state index contributed by atoms with van der Waals surface area (Å²) in [4.78, 5) is 24.4. The molecule has 3 aromatic rings. The molecule has 3 aromatic carbocycles. The number of alkyl carbamates (subject to hydrolysis) is 1. The van der Waals surface area contributed by atoms with Crippen molar-refractivity contribution >= 4 is 17.8 Å². The van der Waals surface area contributed by atoms with Crippen LogP contribution < -0.4 is 20.1 Å². The van der Waals surface area contributed by atoms with E-state index in [-0.39, 0.29) is 11.7 Å². The van der Waals surface area contributed by atoms with Gasteiger partial charge in [-0.1, -0.05) is 36.4 Å². The molecule has 0 heterocycles. The van der Waals surface area contributed by atoms with Crippen molar-refractivity contribution in [3.05, 3.63) is 90.0 Å². The second kappa shape index (κ2) is 11.9. The summed E-state index contributed by atoms with van der Waals surface area (Å²) < 4.78 is 16.9. The summed E-state index contributed by atoms with van der Waals surface area (Å²) in [6, 6.07) is 23.1. The Labute approximate surface area is 211 Å². The van der Waals surface area contributed by atoms with Crippen LogP contribution in [0.4, 0.5) is 4.79 Å². The molecule has 0 saturated heterocycles. The maximum absolute atomic E-state index is 12.6. The fraction of sp³-hybridized carbons (Fsp3) is 0.250. The first kappa shape index (κ1) is 26.3. The molecule has 36 heavy (non-hydrogen) atoms. The molecule has 3 rings (SSSR count). The largest absolute Gasteiger partial charge is 0.489 e. The van der Waals surface area contributed by atoms with E-state index in [0.29, 0.717) is 29.4 Å². The Hall–Kier alpha value is -4.33. The highest BCUT2D eigenvalue weighted by molar-refractivity contribution is 6.01. The zero-order chi connectivity index (χ0) is 26.1. The zero-order valence-corrected chi connectivity index (χ0v) is 20.8. The lowest BCUT2D eigenvalue weighted by molar-refractivity contribution is 0.0559. The number of rotatable bonds is 8. The fourth-order valence-corrected chi connectivity index (χ4v) is 3.05. The number of benzene rings is 3. The van der Waals surface area contributed by atoms with Crippen LogP contribution in [0.25, 0.3) is 0 Å². The van der Waals surface area contributed by atoms with Gasteiger partial charge in [0.2, 0.25) is 0 Å². The van der Waals surface area contributed by atoms with Gasteiger partial charge in [-0.25, -0.2) is 4.79 Å². The van der Waals surface area contributed by atoms with Gasteiger partial charge in [0.05, 0.1) is 6.04 Å². The number of hydrogen-bond donors (Lipinski definition) is 3. The van der Waals surface area contributed by atoms with Crippen LogP contribution >= 0.6 is 0 Å². The van der Waals surface area contributed by atoms with Gasteiger partial charge in [0.1, 0.15) is 35.3 Å². The molecule has 0 aliphatic rings. The minimum absolute atomic E-state index is 0.174. The average molecular weight is 490 g/mol. The molecule has 0 aliphatic heterocycles. The third-order valence-electron chi connectivity index (χ3n) is 4.82. The number of carbonyl (C=O) groups is 2. The molecule has 3 N–H and O–H groups in total. The van der Waals surface area contributed by atoms with Crippen molar-refractivity contribution in [1.82, 2.24) is 10.6 Å². The van der Waals surface area contributed by atoms with E-state index in [0.717, 1.165) is 5.56 Å². The van der Waals surface area contributed by atoms with Crippen molar-refractivity contribution in [1.29, 1.82) is 5.41 Å². The normalized spacial score (nSPS) is 11.7. The Morgan fingerprint density at radius 1 is 0.889 bits per heavy atom. The van der Waals surface area contributed by atoms with Gasteiger partial charge in [0.25, 0.3) is 5.91 Å². The Morgan fingerprint density at radius 3 is 2.22 bits per heavy atom. The maximum atomic E-state index is 12.6. The maximum Gasteiger partial charge on any atom is 0.413 e. The lowest BCUT2D eigenvalue weighted by Gasteiger charge is -2.21. The molecule has 0 aromatic heterocycles. The van der Waals surface area contributed by atoms with E-state index in [2.05, 4.69) is 10.6 Å². The monoisotopic (exact) mass is 489 g/mol. The lowest BCUT2D eigenvalue weighted by atomic mass is 10.2. The average Bonchev–Trinajstić information content (AvgIpc) is 2.83. The van der Waals surface area contributed by atoms with Crippen molar-refractivity contribution in [2.75, 3.05) is 0 Å². The SMILES string of the molecule is C[C@H](NC(=O)c1ccc(Oc2cccc(OCc3ccccc3)c2)cc1)C(=N)NC(=O)OC(C)(C)C. The third-order valence-corrected chi connectivity index (χ3v) is 4.82. The van der Waals surface area contributed by atoms with Gasteiger partial charge in [-0.3, -0.25) is 15.5 Å². The summed E-state index contributed by atoms with van der Waals surface area (Å²) in [5, 5.41) is 13.0. The number of ether oxygens (including phenoxy) is 3. The highest BCUT2D eigenvalue weighted by Crippen LogP contribution is 2.26. The van der Waals surface area contributed by atoms with Crippen LogP contribution in [0.1, 0.15) is 43.6 Å². The molecule has 8 nitrogen and oxygen atoms in total. The Balaban J connectivity index is 1.52. The topological polar surface area (TPSA) is 110 Å². The molecule has 0 unspecified atom stereocenters. The van der Waals surface area contributed by atoms with Crippen molar-refractivity contribution in [2.45, 2.75) is 45.9 Å². The molecular weight excluding hydrogens is 458 g/mol. The smallest absolute Gasteiger partial charge is 0.413 e. The van der Waals surface area contributed by atoms with Gasteiger partial charge in [-0.05, 0) is 69.7 Å². The minimum atomic E-state index is -0.746. The molecule has 0 saturated carbocycles. The molecule has 0 bridgehead atoms. The Morgan fingerprint density at radius 2 is 1.56 bits per heavy atom. The molecule has 8 heteroatoms. The van der Waals surface area contributed by atoms with Gasteiger partial charge >= 0.3 is 6.09 Å². The summed E-state index contributed by atoms with van der Waals surface area (Å²) in [6.45, 7) is 7.24. The molecule has 0 spiro atoms. The van der Waals surface area contributed by atoms with E-state index < -0.39 is 17.7 Å². The highest BCUT2D eigenvalue weighted by atomic mass is 16.6. The molecule has 2 amide bonds. The zero-order valence-electron chi connectivity index (χ0n) is 20.8. The summed E-state index contributed by atoms with van der Waals surface area (Å²) >= 11 is 0. The van der Waals surface area contributed by atoms with E-state index in [9.17, 15) is 9.59 Å². The molecule has 188 valence electrons. The van der Waals surface area contributed by atoms with Crippen molar-refractivity contribution in [2.24, 2.45) is 0 Å². The van der Waals surface area contributed by atoms with Crippen LogP contribution in [0.2, 0.25) is 0 Å². The van der Waals surface area contributed by atoms with Gasteiger partial charge in [-0.15, -0.1) is 0 Å². The van der Waals surface area contributed by atoms with Crippen LogP contribution in [0, 0.1) is 5.41 Å². The van der Waals surface area contributed by atoms with E-state index in [4.69, 9.17) is 19.6 Å². The Kier molecular flexibility index (Phi) is 8.67. The van der Waals surface area contributed by atoms with Crippen LogP contribution in [-0.2, 0) is 11.3 Å². The number of hydrogen-bond acceptors (Lipinski definition) is 6. The molecular formula is C28H31N3O5. The first-order valence-corrected chi connectivity index (χ1v) is 11.5. The van der Waals surface area contributed by atoms with Crippen molar-refractivity contribution in [3.8, 4) is 17.2 Å². The van der Waals surface area contributed by atoms with Gasteiger partial charge < -0.3 is 19.5 Å². The predicted octanol–water partition coefficient (Wildman–Crippen LogP) is 5.68. The van der Waals surface area contributed by atoms with Crippen molar-refractivity contribution in [3.63, 3.8) is 0 Å². The van der Waals surface area contributed by atoms with Crippen LogP contribution in [0.3, 0.4) is 0 Å². The van der Waals surface area contributed by atoms with Crippen LogP contribution in [0.5, 0.6) is 17.2 Å². The summed E-state index contributed by atoms with van der Waals surface area (Å²) in [7, 11) is 0. The molecule has 0 aliphatic carbocycles. The second-order valence-corrected chi connectivity index (χ2v) is 9.11. The molecule has 0 fully saturated rings. The summed E-state index contributed by atoms with van der Waals surface area (Å²) in [5.74, 6) is 1.28. The number of nitrogens with one attached hydrogen (secondary N) is 3. The fourth-order valence-electron chi connectivity index (χ4n) is 3.05. The number of carbonyl (C=O) groups excluding carboxylic acids is 2. The van der Waals surface area contributed by atoms with E-state index in [1.165, 1.54) is 0 Å². The first-order valence-electron chi connectivity index (χ1n) is 11.5. The standard InChI is InChI=1S/C28H31N3O5/c1-19(25(29)31-27(33)36-28(2,3)4)30-26(32)21-13-15-22(16-14-21)35-24-12-8-11-23(17-24)34-18-20-9-6-5-7-10-20/h5-17,19H,18H2,1-4H3,(H,30,32)(H2,29,31,33)/t19-/m0/s1. The minimum Gasteiger partial charge on any atom is -0.489 e. The third kappa shape index (κ3) is 8.47. The van der Waals surface area contributed by atoms with Gasteiger partial charge in [0.15, 0.2) is 0 Å². The lowest BCUT2D eigenvalue weighted by Crippen LogP contribution is -2.47.